The van der Waals surface area contributed by atoms with Crippen molar-refractivity contribution >= 4 is 18.3 Å². The molecule has 1 saturated heterocycles. The van der Waals surface area contributed by atoms with Crippen molar-refractivity contribution in [1.29, 1.82) is 0 Å². The van der Waals surface area contributed by atoms with Crippen LogP contribution in [0.3, 0.4) is 0 Å². The van der Waals surface area contributed by atoms with Crippen LogP contribution in [0.1, 0.15) is 25.8 Å². The van der Waals surface area contributed by atoms with Gasteiger partial charge in [-0.05, 0) is 30.4 Å². The standard InChI is InChI=1S/C17H25F2N3O.ClH/c1-17(2)11-22(9-7-15(17)20)10-16(23)21-8-6-12-13(18)4-3-5-14(12)19;/h3-5,15H,6-11,20H2,1-2H3,(H,21,23);1H. The fourth-order valence-electron chi connectivity index (χ4n) is 2.98. The predicted octanol–water partition coefficient (Wildman–Crippen LogP) is 2.10. The van der Waals surface area contributed by atoms with Gasteiger partial charge in [0.25, 0.3) is 0 Å². The average molecular weight is 362 g/mol. The summed E-state index contributed by atoms with van der Waals surface area (Å²) in [7, 11) is 0. The third-order valence-corrected chi connectivity index (χ3v) is 4.52. The summed E-state index contributed by atoms with van der Waals surface area (Å²) in [5.41, 5.74) is 6.07. The van der Waals surface area contributed by atoms with E-state index in [1.54, 1.807) is 0 Å². The number of hydrogen-bond acceptors (Lipinski definition) is 3. The Morgan fingerprint density at radius 2 is 2.00 bits per heavy atom. The van der Waals surface area contributed by atoms with E-state index in [0.29, 0.717) is 0 Å². The largest absolute Gasteiger partial charge is 0.355 e. The van der Waals surface area contributed by atoms with E-state index in [0.717, 1.165) is 19.5 Å². The molecule has 1 aliphatic heterocycles. The van der Waals surface area contributed by atoms with Crippen LogP contribution in [0.15, 0.2) is 18.2 Å². The van der Waals surface area contributed by atoms with Crippen LogP contribution in [0, 0.1) is 17.0 Å². The van der Waals surface area contributed by atoms with Crippen molar-refractivity contribution in [3.63, 3.8) is 0 Å². The first-order valence-electron chi connectivity index (χ1n) is 7.97. The Morgan fingerprint density at radius 3 is 2.58 bits per heavy atom. The van der Waals surface area contributed by atoms with E-state index >= 15 is 0 Å². The molecular weight excluding hydrogens is 336 g/mol. The zero-order valence-electron chi connectivity index (χ0n) is 14.1. The maximum atomic E-state index is 13.5. The number of hydrogen-bond donors (Lipinski definition) is 2. The van der Waals surface area contributed by atoms with Crippen LogP contribution in [0.25, 0.3) is 0 Å². The van der Waals surface area contributed by atoms with E-state index in [1.165, 1.54) is 18.2 Å². The molecule has 0 spiro atoms. The number of amides is 1. The highest BCUT2D eigenvalue weighted by Gasteiger charge is 2.33. The second-order valence-corrected chi connectivity index (χ2v) is 6.89. The van der Waals surface area contributed by atoms with Crippen molar-refractivity contribution in [2.75, 3.05) is 26.2 Å². The van der Waals surface area contributed by atoms with E-state index < -0.39 is 11.6 Å². The molecule has 1 unspecified atom stereocenters. The van der Waals surface area contributed by atoms with Crippen molar-refractivity contribution in [3.8, 4) is 0 Å². The van der Waals surface area contributed by atoms with Gasteiger partial charge in [-0.1, -0.05) is 19.9 Å². The molecule has 2 rings (SSSR count). The highest BCUT2D eigenvalue weighted by molar-refractivity contribution is 5.85. The molecule has 4 nitrogen and oxygen atoms in total. The van der Waals surface area contributed by atoms with Gasteiger partial charge < -0.3 is 11.1 Å². The normalized spacial score (nSPS) is 20.3. The molecule has 3 N–H and O–H groups in total. The summed E-state index contributed by atoms with van der Waals surface area (Å²) >= 11 is 0. The minimum atomic E-state index is -0.578. The van der Waals surface area contributed by atoms with Gasteiger partial charge in [0.2, 0.25) is 5.91 Å². The Kier molecular flexibility index (Phi) is 7.57. The van der Waals surface area contributed by atoms with Gasteiger partial charge in [-0.15, -0.1) is 12.4 Å². The van der Waals surface area contributed by atoms with Crippen molar-refractivity contribution in [2.24, 2.45) is 11.1 Å². The Bertz CT molecular complexity index is 549. The summed E-state index contributed by atoms with van der Waals surface area (Å²) in [6.45, 7) is 6.26. The molecule has 1 aromatic carbocycles. The van der Waals surface area contributed by atoms with Gasteiger partial charge in [0.1, 0.15) is 11.6 Å². The van der Waals surface area contributed by atoms with Gasteiger partial charge >= 0.3 is 0 Å². The number of halogens is 3. The topological polar surface area (TPSA) is 58.4 Å². The van der Waals surface area contributed by atoms with Crippen molar-refractivity contribution in [1.82, 2.24) is 10.2 Å². The summed E-state index contributed by atoms with van der Waals surface area (Å²) in [4.78, 5) is 14.1. The minimum Gasteiger partial charge on any atom is -0.355 e. The molecule has 1 aliphatic rings. The van der Waals surface area contributed by atoms with E-state index in [2.05, 4.69) is 24.1 Å². The molecule has 7 heteroatoms. The van der Waals surface area contributed by atoms with E-state index in [1.807, 2.05) is 0 Å². The number of rotatable bonds is 5. The first-order chi connectivity index (χ1) is 10.8. The molecule has 0 saturated carbocycles. The number of nitrogens with zero attached hydrogens (tertiary/aromatic N) is 1. The molecule has 1 amide bonds. The lowest BCUT2D eigenvalue weighted by molar-refractivity contribution is -0.123. The van der Waals surface area contributed by atoms with Gasteiger partial charge in [-0.25, -0.2) is 8.78 Å². The van der Waals surface area contributed by atoms with Crippen molar-refractivity contribution < 1.29 is 13.6 Å². The smallest absolute Gasteiger partial charge is 0.234 e. The maximum Gasteiger partial charge on any atom is 0.234 e. The molecule has 0 bridgehead atoms. The summed E-state index contributed by atoms with van der Waals surface area (Å²) in [5.74, 6) is -1.29. The van der Waals surface area contributed by atoms with Gasteiger partial charge in [-0.2, -0.15) is 0 Å². The Labute approximate surface area is 148 Å². The fourth-order valence-corrected chi connectivity index (χ4v) is 2.98. The van der Waals surface area contributed by atoms with Crippen LogP contribution >= 0.6 is 12.4 Å². The number of nitrogens with one attached hydrogen (secondary N) is 1. The SMILES string of the molecule is CC1(C)CN(CC(=O)NCCc2c(F)cccc2F)CCC1N.Cl. The average Bonchev–Trinajstić information content (AvgIpc) is 2.46. The van der Waals surface area contributed by atoms with E-state index in [4.69, 9.17) is 5.73 Å². The molecule has 1 fully saturated rings. The second kappa shape index (κ2) is 8.74. The van der Waals surface area contributed by atoms with Crippen LogP contribution in [-0.4, -0.2) is 43.0 Å². The Hall–Kier alpha value is -1.24. The molecular formula is C17H26ClF2N3O. The number of likely N-dealkylation sites (tertiary alicyclic amines) is 1. The molecule has 0 aliphatic carbocycles. The van der Waals surface area contributed by atoms with Gasteiger partial charge in [0.15, 0.2) is 0 Å². The van der Waals surface area contributed by atoms with Gasteiger partial charge in [-0.3, -0.25) is 9.69 Å². The fraction of sp³-hybridized carbons (Fsp3) is 0.588. The molecule has 0 radical (unpaired) electrons. The zero-order chi connectivity index (χ0) is 17.0. The number of benzene rings is 1. The summed E-state index contributed by atoms with van der Waals surface area (Å²) in [5, 5.41) is 2.73. The first-order valence-corrected chi connectivity index (χ1v) is 7.97. The number of carbonyl (C=O) groups excluding carboxylic acids is 1. The molecule has 1 atom stereocenters. The summed E-state index contributed by atoms with van der Waals surface area (Å²) in [6.07, 6.45) is 1.00. The summed E-state index contributed by atoms with van der Waals surface area (Å²) in [6, 6.07) is 3.92. The lowest BCUT2D eigenvalue weighted by atomic mass is 9.80. The number of nitrogens with two attached hydrogens (primary N) is 1. The zero-order valence-corrected chi connectivity index (χ0v) is 15.0. The summed E-state index contributed by atoms with van der Waals surface area (Å²) < 4.78 is 27.0. The molecule has 0 aromatic heterocycles. The van der Waals surface area contributed by atoms with Crippen LogP contribution in [-0.2, 0) is 11.2 Å². The van der Waals surface area contributed by atoms with E-state index in [-0.39, 0.29) is 54.8 Å². The third kappa shape index (κ3) is 5.40. The van der Waals surface area contributed by atoms with Gasteiger partial charge in [0, 0.05) is 31.2 Å². The predicted molar refractivity (Wildman–Crippen MR) is 93.1 cm³/mol. The van der Waals surface area contributed by atoms with Gasteiger partial charge in [0.05, 0.1) is 6.54 Å². The molecule has 1 heterocycles. The quantitative estimate of drug-likeness (QED) is 0.844. The van der Waals surface area contributed by atoms with Crippen molar-refractivity contribution in [3.05, 3.63) is 35.4 Å². The van der Waals surface area contributed by atoms with Crippen LogP contribution in [0.2, 0.25) is 0 Å². The van der Waals surface area contributed by atoms with Crippen molar-refractivity contribution in [2.45, 2.75) is 32.7 Å². The highest BCUT2D eigenvalue weighted by Crippen LogP contribution is 2.27. The van der Waals surface area contributed by atoms with Crippen LogP contribution < -0.4 is 11.1 Å². The molecule has 136 valence electrons. The molecule has 1 aromatic rings. The number of piperidine rings is 1. The minimum absolute atomic E-state index is 0. The lowest BCUT2D eigenvalue weighted by Gasteiger charge is -2.42. The lowest BCUT2D eigenvalue weighted by Crippen LogP contribution is -2.54. The monoisotopic (exact) mass is 361 g/mol. The van der Waals surface area contributed by atoms with E-state index in [9.17, 15) is 13.6 Å². The third-order valence-electron chi connectivity index (χ3n) is 4.52. The second-order valence-electron chi connectivity index (χ2n) is 6.89. The maximum absolute atomic E-state index is 13.5. The van der Waals surface area contributed by atoms with Crippen LogP contribution in [0.4, 0.5) is 8.78 Å². The Morgan fingerprint density at radius 1 is 1.38 bits per heavy atom. The number of carbonyl (C=O) groups is 1. The highest BCUT2D eigenvalue weighted by atomic mass is 35.5. The van der Waals surface area contributed by atoms with Crippen LogP contribution in [0.5, 0.6) is 0 Å². The molecule has 24 heavy (non-hydrogen) atoms. The first kappa shape index (κ1) is 20.8. The Balaban J connectivity index is 0.00000288.